The largest absolute Gasteiger partial charge is 0.486 e. The van der Waals surface area contributed by atoms with Gasteiger partial charge < -0.3 is 14.8 Å². The summed E-state index contributed by atoms with van der Waals surface area (Å²) >= 11 is 0. The second-order valence-corrected chi connectivity index (χ2v) is 5.18. The zero-order chi connectivity index (χ0) is 14.8. The third-order valence-corrected chi connectivity index (χ3v) is 3.53. The second-order valence-electron chi connectivity index (χ2n) is 5.18. The molecular weight excluding hydrogens is 266 g/mol. The molecule has 0 unspecified atom stereocenters. The molecule has 0 amide bonds. The van der Waals surface area contributed by atoms with Crippen molar-refractivity contribution in [2.24, 2.45) is 0 Å². The van der Waals surface area contributed by atoms with Gasteiger partial charge in [-0.25, -0.2) is 9.97 Å². The molecule has 3 rings (SSSR count). The van der Waals surface area contributed by atoms with Gasteiger partial charge in [-0.3, -0.25) is 0 Å². The average Bonchev–Trinajstić information content (AvgIpc) is 2.47. The smallest absolute Gasteiger partial charge is 0.163 e. The van der Waals surface area contributed by atoms with Crippen molar-refractivity contribution in [2.75, 3.05) is 18.5 Å². The van der Waals surface area contributed by atoms with Crippen LogP contribution >= 0.6 is 0 Å². The van der Waals surface area contributed by atoms with Crippen molar-refractivity contribution < 1.29 is 9.47 Å². The number of ether oxygens (including phenoxy) is 2. The van der Waals surface area contributed by atoms with Gasteiger partial charge >= 0.3 is 0 Å². The van der Waals surface area contributed by atoms with E-state index in [0.29, 0.717) is 13.2 Å². The molecule has 0 fully saturated rings. The molecule has 1 aromatic carbocycles. The summed E-state index contributed by atoms with van der Waals surface area (Å²) in [5.41, 5.74) is 3.09. The van der Waals surface area contributed by atoms with Gasteiger partial charge in [0.1, 0.15) is 19.0 Å². The lowest BCUT2D eigenvalue weighted by Gasteiger charge is -2.21. The Balaban J connectivity index is 1.79. The van der Waals surface area contributed by atoms with Gasteiger partial charge in [-0.1, -0.05) is 0 Å². The highest BCUT2D eigenvalue weighted by atomic mass is 16.6. The SMILES string of the molecule is Cc1ncc([C@H](C)Nc2ccc3c(c2)OCCO3)c(C)n1. The lowest BCUT2D eigenvalue weighted by Crippen LogP contribution is -2.16. The fourth-order valence-electron chi connectivity index (χ4n) is 2.48. The van der Waals surface area contributed by atoms with Crippen LogP contribution in [0.1, 0.15) is 30.0 Å². The van der Waals surface area contributed by atoms with Crippen LogP contribution in [0.5, 0.6) is 11.5 Å². The molecule has 0 aliphatic carbocycles. The van der Waals surface area contributed by atoms with E-state index in [1.165, 1.54) is 0 Å². The summed E-state index contributed by atoms with van der Waals surface area (Å²) < 4.78 is 11.1. The molecule has 0 saturated carbocycles. The molecule has 0 bridgehead atoms. The Bertz CT molecular complexity index is 658. The van der Waals surface area contributed by atoms with E-state index in [4.69, 9.17) is 9.47 Å². The highest BCUT2D eigenvalue weighted by Crippen LogP contribution is 2.33. The molecule has 0 radical (unpaired) electrons. The van der Waals surface area contributed by atoms with Crippen LogP contribution in [0.3, 0.4) is 0 Å². The Morgan fingerprint density at radius 1 is 1.14 bits per heavy atom. The molecule has 110 valence electrons. The predicted molar refractivity (Wildman–Crippen MR) is 81.0 cm³/mol. The van der Waals surface area contributed by atoms with Crippen LogP contribution in [0, 0.1) is 13.8 Å². The number of rotatable bonds is 3. The van der Waals surface area contributed by atoms with Crippen LogP contribution in [0.25, 0.3) is 0 Å². The van der Waals surface area contributed by atoms with Gasteiger partial charge in [0.05, 0.1) is 6.04 Å². The molecular formula is C16H19N3O2. The zero-order valence-corrected chi connectivity index (χ0v) is 12.5. The first-order valence-corrected chi connectivity index (χ1v) is 7.10. The van der Waals surface area contributed by atoms with Gasteiger partial charge in [-0.15, -0.1) is 0 Å². The van der Waals surface area contributed by atoms with E-state index in [-0.39, 0.29) is 6.04 Å². The van der Waals surface area contributed by atoms with Gasteiger partial charge in [0.25, 0.3) is 0 Å². The third kappa shape index (κ3) is 2.91. The van der Waals surface area contributed by atoms with Crippen molar-refractivity contribution in [3.05, 3.63) is 41.5 Å². The number of nitrogens with one attached hydrogen (secondary N) is 1. The van der Waals surface area contributed by atoms with Crippen LogP contribution in [-0.2, 0) is 0 Å². The Morgan fingerprint density at radius 3 is 2.67 bits per heavy atom. The molecule has 1 aromatic heterocycles. The van der Waals surface area contributed by atoms with Gasteiger partial charge in [0, 0.05) is 29.2 Å². The standard InChI is InChI=1S/C16H19N3O2/c1-10-14(9-17-12(3)18-10)11(2)19-13-4-5-15-16(8-13)21-7-6-20-15/h4-5,8-9,11,19H,6-7H2,1-3H3/t11-/m0/s1. The Kier molecular flexibility index (Phi) is 3.64. The van der Waals surface area contributed by atoms with Crippen molar-refractivity contribution in [3.8, 4) is 11.5 Å². The maximum absolute atomic E-state index is 5.60. The molecule has 2 heterocycles. The number of anilines is 1. The summed E-state index contributed by atoms with van der Waals surface area (Å²) in [5, 5.41) is 3.45. The van der Waals surface area contributed by atoms with Gasteiger partial charge in [-0.05, 0) is 32.9 Å². The Hall–Kier alpha value is -2.30. The fraction of sp³-hybridized carbons (Fsp3) is 0.375. The molecule has 5 nitrogen and oxygen atoms in total. The molecule has 21 heavy (non-hydrogen) atoms. The van der Waals surface area contributed by atoms with E-state index >= 15 is 0 Å². The maximum atomic E-state index is 5.60. The van der Waals surface area contributed by atoms with Crippen LogP contribution in [0.15, 0.2) is 24.4 Å². The number of aryl methyl sites for hydroxylation is 2. The van der Waals surface area contributed by atoms with Crippen molar-refractivity contribution in [2.45, 2.75) is 26.8 Å². The van der Waals surface area contributed by atoms with Crippen molar-refractivity contribution in [1.82, 2.24) is 9.97 Å². The predicted octanol–water partition coefficient (Wildman–Crippen LogP) is 3.04. The normalized spacial score (nSPS) is 14.6. The van der Waals surface area contributed by atoms with E-state index in [1.54, 1.807) is 0 Å². The second kappa shape index (κ2) is 5.60. The minimum Gasteiger partial charge on any atom is -0.486 e. The minimum atomic E-state index is 0.119. The van der Waals surface area contributed by atoms with Gasteiger partial charge in [0.2, 0.25) is 0 Å². The summed E-state index contributed by atoms with van der Waals surface area (Å²) in [7, 11) is 0. The first kappa shape index (κ1) is 13.7. The molecule has 1 atom stereocenters. The molecule has 0 spiro atoms. The quantitative estimate of drug-likeness (QED) is 0.939. The van der Waals surface area contributed by atoms with E-state index in [1.807, 2.05) is 38.2 Å². The van der Waals surface area contributed by atoms with Crippen molar-refractivity contribution >= 4 is 5.69 Å². The van der Waals surface area contributed by atoms with E-state index in [2.05, 4.69) is 22.2 Å². The van der Waals surface area contributed by atoms with Crippen LogP contribution in [-0.4, -0.2) is 23.2 Å². The van der Waals surface area contributed by atoms with E-state index in [0.717, 1.165) is 34.3 Å². The first-order chi connectivity index (χ1) is 10.1. The van der Waals surface area contributed by atoms with Crippen molar-refractivity contribution in [3.63, 3.8) is 0 Å². The Labute approximate surface area is 124 Å². The van der Waals surface area contributed by atoms with Crippen molar-refractivity contribution in [1.29, 1.82) is 0 Å². The third-order valence-electron chi connectivity index (χ3n) is 3.53. The van der Waals surface area contributed by atoms with E-state index < -0.39 is 0 Å². The number of hydrogen-bond acceptors (Lipinski definition) is 5. The topological polar surface area (TPSA) is 56.3 Å². The lowest BCUT2D eigenvalue weighted by molar-refractivity contribution is 0.171. The highest BCUT2D eigenvalue weighted by molar-refractivity contribution is 5.56. The highest BCUT2D eigenvalue weighted by Gasteiger charge is 2.14. The summed E-state index contributed by atoms with van der Waals surface area (Å²) in [6.45, 7) is 7.20. The average molecular weight is 285 g/mol. The number of fused-ring (bicyclic) bond motifs is 1. The van der Waals surface area contributed by atoms with Crippen LogP contribution < -0.4 is 14.8 Å². The number of nitrogens with zero attached hydrogens (tertiary/aromatic N) is 2. The summed E-state index contributed by atoms with van der Waals surface area (Å²) in [6.07, 6.45) is 1.88. The minimum absolute atomic E-state index is 0.119. The molecule has 2 aromatic rings. The van der Waals surface area contributed by atoms with E-state index in [9.17, 15) is 0 Å². The fourth-order valence-corrected chi connectivity index (χ4v) is 2.48. The van der Waals surface area contributed by atoms with Gasteiger partial charge in [-0.2, -0.15) is 0 Å². The molecule has 1 aliphatic heterocycles. The first-order valence-electron chi connectivity index (χ1n) is 7.10. The molecule has 0 saturated heterocycles. The van der Waals surface area contributed by atoms with Gasteiger partial charge in [0.15, 0.2) is 11.5 Å². The molecule has 5 heteroatoms. The number of aromatic nitrogens is 2. The van der Waals surface area contributed by atoms with Crippen LogP contribution in [0.4, 0.5) is 5.69 Å². The monoisotopic (exact) mass is 285 g/mol. The molecule has 1 aliphatic rings. The zero-order valence-electron chi connectivity index (χ0n) is 12.5. The summed E-state index contributed by atoms with van der Waals surface area (Å²) in [4.78, 5) is 8.69. The number of benzene rings is 1. The van der Waals surface area contributed by atoms with Crippen LogP contribution in [0.2, 0.25) is 0 Å². The summed E-state index contributed by atoms with van der Waals surface area (Å²) in [6, 6.07) is 6.01. The maximum Gasteiger partial charge on any atom is 0.163 e. The Morgan fingerprint density at radius 2 is 1.90 bits per heavy atom. The number of hydrogen-bond donors (Lipinski definition) is 1. The molecule has 1 N–H and O–H groups in total. The lowest BCUT2D eigenvalue weighted by atomic mass is 10.1. The summed E-state index contributed by atoms with van der Waals surface area (Å²) in [5.74, 6) is 2.38.